The number of aromatic nitrogens is 1. The average Bonchev–Trinajstić information content (AvgIpc) is 2.67. The van der Waals surface area contributed by atoms with E-state index in [2.05, 4.69) is 24.1 Å². The summed E-state index contributed by atoms with van der Waals surface area (Å²) in [6.07, 6.45) is 2.65. The largest absolute Gasteiger partial charge is 0.396 e. The van der Waals surface area contributed by atoms with E-state index in [-0.39, 0.29) is 5.91 Å². The first-order valence-electron chi connectivity index (χ1n) is 6.00. The van der Waals surface area contributed by atoms with E-state index in [4.69, 9.17) is 5.73 Å². The van der Waals surface area contributed by atoms with Crippen molar-refractivity contribution in [1.82, 2.24) is 10.3 Å². The molecule has 2 aromatic rings. The van der Waals surface area contributed by atoms with Gasteiger partial charge in [0.2, 0.25) is 0 Å². The van der Waals surface area contributed by atoms with Crippen LogP contribution in [0.5, 0.6) is 0 Å². The first-order chi connectivity index (χ1) is 8.59. The predicted molar refractivity (Wildman–Crippen MR) is 75.8 cm³/mol. The Morgan fingerprint density at radius 1 is 1.56 bits per heavy atom. The number of hydrogen-bond acceptors (Lipinski definition) is 4. The molecule has 2 heterocycles. The van der Waals surface area contributed by atoms with E-state index in [1.165, 1.54) is 11.3 Å². The highest BCUT2D eigenvalue weighted by atomic mass is 32.1. The Bertz CT molecular complexity index is 562. The average molecular weight is 263 g/mol. The molecule has 0 saturated heterocycles. The second-order valence-corrected chi connectivity index (χ2v) is 5.69. The molecule has 2 rings (SSSR count). The van der Waals surface area contributed by atoms with Gasteiger partial charge in [0, 0.05) is 12.7 Å². The lowest BCUT2D eigenvalue weighted by Crippen LogP contribution is -2.25. The summed E-state index contributed by atoms with van der Waals surface area (Å²) in [5, 5.41) is 2.90. The first-order valence-corrected chi connectivity index (χ1v) is 6.82. The molecule has 0 aliphatic heterocycles. The number of nitrogen functional groups attached to an aromatic ring is 1. The summed E-state index contributed by atoms with van der Waals surface area (Å²) in [5.74, 6) is 0.475. The number of fused-ring (bicyclic) bond motifs is 1. The summed E-state index contributed by atoms with van der Waals surface area (Å²) in [6, 6.07) is 3.77. The molecule has 5 heteroatoms. The van der Waals surface area contributed by atoms with Crippen molar-refractivity contribution in [2.45, 2.75) is 20.3 Å². The van der Waals surface area contributed by atoms with Crippen LogP contribution in [0.15, 0.2) is 18.3 Å². The van der Waals surface area contributed by atoms with E-state index in [1.54, 1.807) is 6.20 Å². The molecule has 0 bridgehead atoms. The highest BCUT2D eigenvalue weighted by molar-refractivity contribution is 7.21. The summed E-state index contributed by atoms with van der Waals surface area (Å²) >= 11 is 1.39. The molecule has 0 radical (unpaired) electrons. The number of hydrogen-bond donors (Lipinski definition) is 2. The number of pyridine rings is 1. The maximum atomic E-state index is 12.0. The van der Waals surface area contributed by atoms with E-state index in [0.717, 1.165) is 16.6 Å². The van der Waals surface area contributed by atoms with Gasteiger partial charge in [-0.05, 0) is 24.5 Å². The number of rotatable bonds is 4. The minimum absolute atomic E-state index is 0.101. The first kappa shape index (κ1) is 12.8. The molecule has 0 atom stereocenters. The number of nitrogens with zero attached hydrogens (tertiary/aromatic N) is 1. The van der Waals surface area contributed by atoms with Crippen LogP contribution in [0.1, 0.15) is 29.9 Å². The van der Waals surface area contributed by atoms with Gasteiger partial charge in [0.15, 0.2) is 0 Å². The summed E-state index contributed by atoms with van der Waals surface area (Å²) < 4.78 is 0.948. The van der Waals surface area contributed by atoms with Gasteiger partial charge in [-0.3, -0.25) is 9.78 Å². The Balaban J connectivity index is 2.15. The second-order valence-electron chi connectivity index (χ2n) is 4.63. The highest BCUT2D eigenvalue weighted by Crippen LogP contribution is 2.31. The topological polar surface area (TPSA) is 68.0 Å². The van der Waals surface area contributed by atoms with E-state index >= 15 is 0 Å². The predicted octanol–water partition coefficient (Wildman–Crippen LogP) is 2.65. The number of nitrogens with one attached hydrogen (secondary N) is 1. The Hall–Kier alpha value is -1.62. The van der Waals surface area contributed by atoms with Gasteiger partial charge in [-0.15, -0.1) is 11.3 Å². The molecular weight excluding hydrogens is 246 g/mol. The van der Waals surface area contributed by atoms with Crippen LogP contribution in [0, 0.1) is 5.92 Å². The molecular formula is C13H17N3OS. The van der Waals surface area contributed by atoms with E-state index in [0.29, 0.717) is 23.0 Å². The van der Waals surface area contributed by atoms with Gasteiger partial charge < -0.3 is 11.1 Å². The molecule has 4 nitrogen and oxygen atoms in total. The van der Waals surface area contributed by atoms with Crippen molar-refractivity contribution in [2.75, 3.05) is 12.3 Å². The van der Waals surface area contributed by atoms with Crippen LogP contribution in [0.2, 0.25) is 0 Å². The third kappa shape index (κ3) is 2.61. The lowest BCUT2D eigenvalue weighted by atomic mass is 10.1. The van der Waals surface area contributed by atoms with E-state index < -0.39 is 0 Å². The van der Waals surface area contributed by atoms with Gasteiger partial charge in [0.25, 0.3) is 5.91 Å². The molecule has 96 valence electrons. The number of thiophene rings is 1. The summed E-state index contributed by atoms with van der Waals surface area (Å²) in [7, 11) is 0. The fraction of sp³-hybridized carbons (Fsp3) is 0.385. The number of carbonyl (C=O) groups is 1. The third-order valence-corrected chi connectivity index (χ3v) is 3.85. The molecule has 0 aliphatic carbocycles. The SMILES string of the molecule is CC(C)CCNC(=O)c1sc2cccnc2c1N. The summed E-state index contributed by atoms with van der Waals surface area (Å²) in [4.78, 5) is 16.8. The standard InChI is InChI=1S/C13H17N3OS/c1-8(2)5-7-16-13(17)12-10(14)11-9(18-12)4-3-6-15-11/h3-4,6,8H,5,7,14H2,1-2H3,(H,16,17). The van der Waals surface area contributed by atoms with Gasteiger partial charge in [0.05, 0.1) is 10.4 Å². The van der Waals surface area contributed by atoms with Crippen molar-refractivity contribution in [3.63, 3.8) is 0 Å². The van der Waals surface area contributed by atoms with Crippen molar-refractivity contribution in [2.24, 2.45) is 5.92 Å². The minimum Gasteiger partial charge on any atom is -0.396 e. The third-order valence-electron chi connectivity index (χ3n) is 2.70. The quantitative estimate of drug-likeness (QED) is 0.891. The molecule has 0 aliphatic rings. The van der Waals surface area contributed by atoms with Gasteiger partial charge in [0.1, 0.15) is 10.4 Å². The van der Waals surface area contributed by atoms with Crippen LogP contribution in [-0.4, -0.2) is 17.4 Å². The van der Waals surface area contributed by atoms with Gasteiger partial charge in [-0.2, -0.15) is 0 Å². The molecule has 1 amide bonds. The molecule has 2 aromatic heterocycles. The van der Waals surface area contributed by atoms with Crippen LogP contribution in [0.25, 0.3) is 10.2 Å². The zero-order chi connectivity index (χ0) is 13.1. The minimum atomic E-state index is -0.101. The van der Waals surface area contributed by atoms with Crippen molar-refractivity contribution in [1.29, 1.82) is 0 Å². The maximum absolute atomic E-state index is 12.0. The Kier molecular flexibility index (Phi) is 3.81. The van der Waals surface area contributed by atoms with Crippen LogP contribution in [0.3, 0.4) is 0 Å². The lowest BCUT2D eigenvalue weighted by Gasteiger charge is -2.06. The van der Waals surface area contributed by atoms with Crippen molar-refractivity contribution >= 4 is 33.1 Å². The summed E-state index contributed by atoms with van der Waals surface area (Å²) in [5.41, 5.74) is 7.16. The van der Waals surface area contributed by atoms with Crippen molar-refractivity contribution in [3.8, 4) is 0 Å². The monoisotopic (exact) mass is 263 g/mol. The molecule has 18 heavy (non-hydrogen) atoms. The lowest BCUT2D eigenvalue weighted by molar-refractivity contribution is 0.0957. The fourth-order valence-electron chi connectivity index (χ4n) is 1.67. The van der Waals surface area contributed by atoms with Crippen LogP contribution < -0.4 is 11.1 Å². The molecule has 0 fully saturated rings. The number of nitrogens with two attached hydrogens (primary N) is 1. The van der Waals surface area contributed by atoms with Crippen LogP contribution >= 0.6 is 11.3 Å². The van der Waals surface area contributed by atoms with Gasteiger partial charge in [-0.25, -0.2) is 0 Å². The van der Waals surface area contributed by atoms with Crippen LogP contribution in [-0.2, 0) is 0 Å². The molecule has 0 saturated carbocycles. The fourth-order valence-corrected chi connectivity index (χ4v) is 2.67. The number of amides is 1. The zero-order valence-corrected chi connectivity index (χ0v) is 11.4. The zero-order valence-electron chi connectivity index (χ0n) is 10.6. The normalized spacial score (nSPS) is 11.1. The van der Waals surface area contributed by atoms with Crippen LogP contribution in [0.4, 0.5) is 5.69 Å². The summed E-state index contributed by atoms with van der Waals surface area (Å²) in [6.45, 7) is 4.94. The maximum Gasteiger partial charge on any atom is 0.263 e. The van der Waals surface area contributed by atoms with E-state index in [1.807, 2.05) is 12.1 Å². The molecule has 0 aromatic carbocycles. The number of carbonyl (C=O) groups excluding carboxylic acids is 1. The molecule has 0 spiro atoms. The Labute approximate surface area is 110 Å². The van der Waals surface area contributed by atoms with Crippen molar-refractivity contribution < 1.29 is 4.79 Å². The van der Waals surface area contributed by atoms with E-state index in [9.17, 15) is 4.79 Å². The van der Waals surface area contributed by atoms with Gasteiger partial charge >= 0.3 is 0 Å². The Morgan fingerprint density at radius 2 is 2.33 bits per heavy atom. The van der Waals surface area contributed by atoms with Gasteiger partial charge in [-0.1, -0.05) is 13.8 Å². The Morgan fingerprint density at radius 3 is 3.00 bits per heavy atom. The second kappa shape index (κ2) is 5.35. The highest BCUT2D eigenvalue weighted by Gasteiger charge is 2.16. The molecule has 0 unspecified atom stereocenters. The molecule has 3 N–H and O–H groups in total. The number of anilines is 1. The van der Waals surface area contributed by atoms with Crippen molar-refractivity contribution in [3.05, 3.63) is 23.2 Å². The smallest absolute Gasteiger partial charge is 0.263 e.